The second-order valence-corrected chi connectivity index (χ2v) is 3.91. The molecular weight excluding hydrogens is 202 g/mol. The van der Waals surface area contributed by atoms with Crippen molar-refractivity contribution in [3.05, 3.63) is 34.9 Å². The molecule has 1 N–H and O–H groups in total. The molecule has 0 atom stereocenters. The van der Waals surface area contributed by atoms with Crippen LogP contribution in [0.15, 0.2) is 18.2 Å². The summed E-state index contributed by atoms with van der Waals surface area (Å²) in [6, 6.07) is 6.05. The summed E-state index contributed by atoms with van der Waals surface area (Å²) in [5, 5.41) is 10.3. The normalized spacial score (nSPS) is 10.8. The summed E-state index contributed by atoms with van der Waals surface area (Å²) >= 11 is 0. The highest BCUT2D eigenvalue weighted by Gasteiger charge is 2.09. The average molecular weight is 217 g/mol. The van der Waals surface area contributed by atoms with E-state index in [2.05, 4.69) is 11.1 Å². The van der Waals surface area contributed by atoms with Crippen molar-refractivity contribution in [3.63, 3.8) is 0 Å². The number of aromatic nitrogens is 1. The summed E-state index contributed by atoms with van der Waals surface area (Å²) in [5.74, 6) is 0.503. The zero-order valence-electron chi connectivity index (χ0n) is 9.74. The topological polar surface area (TPSA) is 42.4 Å². The third kappa shape index (κ3) is 1.63. The minimum atomic E-state index is -0.0561. The molecule has 1 heterocycles. The second-order valence-electron chi connectivity index (χ2n) is 3.91. The fourth-order valence-electron chi connectivity index (χ4n) is 1.85. The van der Waals surface area contributed by atoms with Crippen LogP contribution in [0, 0.1) is 13.8 Å². The summed E-state index contributed by atoms with van der Waals surface area (Å²) in [7, 11) is 1.57. The highest BCUT2D eigenvalue weighted by molar-refractivity contribution is 5.86. The number of pyridine rings is 1. The molecule has 0 spiro atoms. The smallest absolute Gasteiger partial charge is 0.219 e. The van der Waals surface area contributed by atoms with E-state index in [0.717, 1.165) is 27.6 Å². The largest absolute Gasteiger partial charge is 0.481 e. The molecule has 0 saturated heterocycles. The van der Waals surface area contributed by atoms with Crippen molar-refractivity contribution in [3.8, 4) is 5.88 Å². The van der Waals surface area contributed by atoms with Gasteiger partial charge in [-0.3, -0.25) is 0 Å². The standard InChI is InChI=1S/C13H15NO2/c1-8-4-5-9(2)12-11(8)6-10(7-15)13(14-12)16-3/h4-6,15H,7H2,1-3H3. The first-order chi connectivity index (χ1) is 7.67. The van der Waals surface area contributed by atoms with E-state index in [1.807, 2.05) is 26.0 Å². The lowest BCUT2D eigenvalue weighted by atomic mass is 10.0. The van der Waals surface area contributed by atoms with Crippen LogP contribution in [0.1, 0.15) is 16.7 Å². The molecule has 0 fully saturated rings. The van der Waals surface area contributed by atoms with Gasteiger partial charge < -0.3 is 9.84 Å². The maximum absolute atomic E-state index is 9.25. The molecule has 84 valence electrons. The number of aliphatic hydroxyl groups is 1. The Labute approximate surface area is 94.7 Å². The Morgan fingerprint density at radius 3 is 2.56 bits per heavy atom. The van der Waals surface area contributed by atoms with Crippen LogP contribution in [0.3, 0.4) is 0 Å². The van der Waals surface area contributed by atoms with Gasteiger partial charge in [-0.15, -0.1) is 0 Å². The van der Waals surface area contributed by atoms with Gasteiger partial charge in [-0.2, -0.15) is 0 Å². The monoisotopic (exact) mass is 217 g/mol. The molecule has 1 aromatic carbocycles. The Bertz CT molecular complexity index is 486. The number of fused-ring (bicyclic) bond motifs is 1. The molecule has 0 radical (unpaired) electrons. The van der Waals surface area contributed by atoms with Crippen molar-refractivity contribution in [2.45, 2.75) is 20.5 Å². The van der Waals surface area contributed by atoms with Crippen molar-refractivity contribution in [2.75, 3.05) is 7.11 Å². The van der Waals surface area contributed by atoms with Crippen molar-refractivity contribution in [2.24, 2.45) is 0 Å². The van der Waals surface area contributed by atoms with Gasteiger partial charge in [-0.25, -0.2) is 4.98 Å². The van der Waals surface area contributed by atoms with Gasteiger partial charge in [0.25, 0.3) is 0 Å². The number of aryl methyl sites for hydroxylation is 2. The maximum atomic E-state index is 9.25. The lowest BCUT2D eigenvalue weighted by Gasteiger charge is -2.10. The molecule has 3 heteroatoms. The molecule has 2 rings (SSSR count). The highest BCUT2D eigenvalue weighted by Crippen LogP contribution is 2.26. The molecule has 0 aliphatic rings. The molecule has 0 bridgehead atoms. The molecule has 0 aliphatic carbocycles. The van der Waals surface area contributed by atoms with Gasteiger partial charge in [-0.05, 0) is 31.0 Å². The van der Waals surface area contributed by atoms with Crippen molar-refractivity contribution >= 4 is 10.9 Å². The zero-order chi connectivity index (χ0) is 11.7. The third-order valence-electron chi connectivity index (χ3n) is 2.81. The predicted octanol–water partition coefficient (Wildman–Crippen LogP) is 2.35. The Kier molecular flexibility index (Phi) is 2.79. The van der Waals surface area contributed by atoms with Gasteiger partial charge in [-0.1, -0.05) is 12.1 Å². The van der Waals surface area contributed by atoms with Crippen molar-refractivity contribution in [1.82, 2.24) is 4.98 Å². The van der Waals surface area contributed by atoms with E-state index in [-0.39, 0.29) is 6.61 Å². The number of hydrogen-bond donors (Lipinski definition) is 1. The molecule has 0 unspecified atom stereocenters. The Morgan fingerprint density at radius 2 is 1.94 bits per heavy atom. The minimum Gasteiger partial charge on any atom is -0.481 e. The zero-order valence-corrected chi connectivity index (χ0v) is 9.74. The SMILES string of the molecule is COc1nc2c(C)ccc(C)c2cc1CO. The summed E-state index contributed by atoms with van der Waals surface area (Å²) in [6.07, 6.45) is 0. The van der Waals surface area contributed by atoms with Gasteiger partial charge in [0.1, 0.15) is 0 Å². The second kappa shape index (κ2) is 4.10. The number of methoxy groups -OCH3 is 1. The summed E-state index contributed by atoms with van der Waals surface area (Å²) in [5.41, 5.74) is 3.94. The summed E-state index contributed by atoms with van der Waals surface area (Å²) in [4.78, 5) is 4.44. The third-order valence-corrected chi connectivity index (χ3v) is 2.81. The van der Waals surface area contributed by atoms with E-state index in [4.69, 9.17) is 4.74 Å². The average Bonchev–Trinajstić information content (AvgIpc) is 2.32. The number of rotatable bonds is 2. The van der Waals surface area contributed by atoms with E-state index < -0.39 is 0 Å². The molecule has 3 nitrogen and oxygen atoms in total. The predicted molar refractivity (Wildman–Crippen MR) is 63.7 cm³/mol. The van der Waals surface area contributed by atoms with Crippen LogP contribution in [0.4, 0.5) is 0 Å². The van der Waals surface area contributed by atoms with Crippen LogP contribution in [0.2, 0.25) is 0 Å². The van der Waals surface area contributed by atoms with Crippen LogP contribution in [-0.4, -0.2) is 17.2 Å². The molecule has 1 aromatic heterocycles. The minimum absolute atomic E-state index is 0.0561. The first-order valence-corrected chi connectivity index (χ1v) is 5.22. The number of ether oxygens (including phenoxy) is 1. The summed E-state index contributed by atoms with van der Waals surface area (Å²) in [6.45, 7) is 4.00. The van der Waals surface area contributed by atoms with Crippen LogP contribution in [0.25, 0.3) is 10.9 Å². The van der Waals surface area contributed by atoms with E-state index in [9.17, 15) is 5.11 Å². The van der Waals surface area contributed by atoms with Gasteiger partial charge in [0, 0.05) is 10.9 Å². The van der Waals surface area contributed by atoms with E-state index in [0.29, 0.717) is 5.88 Å². The highest BCUT2D eigenvalue weighted by atomic mass is 16.5. The van der Waals surface area contributed by atoms with Gasteiger partial charge in [0.05, 0.1) is 19.2 Å². The van der Waals surface area contributed by atoms with Gasteiger partial charge in [0.2, 0.25) is 5.88 Å². The van der Waals surface area contributed by atoms with Crippen molar-refractivity contribution < 1.29 is 9.84 Å². The molecule has 0 amide bonds. The van der Waals surface area contributed by atoms with Crippen LogP contribution >= 0.6 is 0 Å². The maximum Gasteiger partial charge on any atom is 0.219 e. The number of aliphatic hydroxyl groups excluding tert-OH is 1. The fraction of sp³-hybridized carbons (Fsp3) is 0.308. The summed E-state index contributed by atoms with van der Waals surface area (Å²) < 4.78 is 5.17. The van der Waals surface area contributed by atoms with Gasteiger partial charge >= 0.3 is 0 Å². The van der Waals surface area contributed by atoms with Crippen molar-refractivity contribution in [1.29, 1.82) is 0 Å². The molecule has 0 aliphatic heterocycles. The number of nitrogens with zero attached hydrogens (tertiary/aromatic N) is 1. The fourth-order valence-corrected chi connectivity index (χ4v) is 1.85. The van der Waals surface area contributed by atoms with Gasteiger partial charge in [0.15, 0.2) is 0 Å². The Hall–Kier alpha value is -1.61. The van der Waals surface area contributed by atoms with Crippen LogP contribution in [-0.2, 0) is 6.61 Å². The number of benzene rings is 1. The van der Waals surface area contributed by atoms with E-state index >= 15 is 0 Å². The van der Waals surface area contributed by atoms with Crippen LogP contribution < -0.4 is 4.74 Å². The van der Waals surface area contributed by atoms with Crippen LogP contribution in [0.5, 0.6) is 5.88 Å². The Morgan fingerprint density at radius 1 is 1.25 bits per heavy atom. The lowest BCUT2D eigenvalue weighted by Crippen LogP contribution is -1.97. The lowest BCUT2D eigenvalue weighted by molar-refractivity contribution is 0.272. The first kappa shape index (κ1) is 10.9. The molecule has 2 aromatic rings. The molecule has 16 heavy (non-hydrogen) atoms. The quantitative estimate of drug-likeness (QED) is 0.839. The van der Waals surface area contributed by atoms with E-state index in [1.165, 1.54) is 0 Å². The Balaban J connectivity index is 2.82. The first-order valence-electron chi connectivity index (χ1n) is 5.22. The molecular formula is C13H15NO2. The van der Waals surface area contributed by atoms with E-state index in [1.54, 1.807) is 7.11 Å². The number of hydrogen-bond acceptors (Lipinski definition) is 3. The molecule has 0 saturated carbocycles.